The van der Waals surface area contributed by atoms with Gasteiger partial charge in [-0.05, 0) is 83.1 Å². The predicted molar refractivity (Wildman–Crippen MR) is 162 cm³/mol. The summed E-state index contributed by atoms with van der Waals surface area (Å²) < 4.78 is 2.59. The van der Waals surface area contributed by atoms with Crippen molar-refractivity contribution in [2.75, 3.05) is 13.1 Å². The highest BCUT2D eigenvalue weighted by Crippen LogP contribution is 2.29. The number of benzene rings is 3. The molecule has 1 N–H and O–H groups in total. The molecule has 0 spiro atoms. The number of amides is 1. The highest BCUT2D eigenvalue weighted by atomic mass is 79.9. The lowest BCUT2D eigenvalue weighted by molar-refractivity contribution is -0.119. The fourth-order valence-electron chi connectivity index (χ4n) is 4.83. The van der Waals surface area contributed by atoms with Gasteiger partial charge in [0.05, 0.1) is 16.4 Å². The van der Waals surface area contributed by atoms with Gasteiger partial charge in [-0.25, -0.2) is 9.50 Å². The summed E-state index contributed by atoms with van der Waals surface area (Å²) in [5.41, 5.74) is 4.51. The number of nitrogens with zero attached hydrogens (tertiary/aromatic N) is 4. The zero-order chi connectivity index (χ0) is 27.8. The molecule has 202 valence electrons. The van der Waals surface area contributed by atoms with Crippen molar-refractivity contribution < 1.29 is 9.90 Å². The van der Waals surface area contributed by atoms with E-state index in [2.05, 4.69) is 82.3 Å². The highest BCUT2D eigenvalue weighted by molar-refractivity contribution is 9.10. The first kappa shape index (κ1) is 28.3. The fourth-order valence-corrected chi connectivity index (χ4v) is 5.18. The fraction of sp³-hybridized carbons (Fsp3) is 0.281. The minimum atomic E-state index is 0.226. The second-order valence-corrected chi connectivity index (χ2v) is 10.7. The van der Waals surface area contributed by atoms with Crippen LogP contribution in [0.5, 0.6) is 5.75 Å². The van der Waals surface area contributed by atoms with Crippen molar-refractivity contribution >= 4 is 38.8 Å². The van der Waals surface area contributed by atoms with E-state index in [-0.39, 0.29) is 5.75 Å². The van der Waals surface area contributed by atoms with Crippen molar-refractivity contribution in [3.8, 4) is 17.0 Å². The third-order valence-electron chi connectivity index (χ3n) is 7.07. The molecule has 3 aromatic carbocycles. The number of halogens is 1. The summed E-state index contributed by atoms with van der Waals surface area (Å²) in [5, 5.41) is 16.8. The van der Waals surface area contributed by atoms with E-state index in [9.17, 15) is 9.90 Å². The van der Waals surface area contributed by atoms with Gasteiger partial charge in [0.2, 0.25) is 6.41 Å². The number of aromatic hydroxyl groups is 1. The van der Waals surface area contributed by atoms with Crippen LogP contribution in [0.4, 0.5) is 0 Å². The van der Waals surface area contributed by atoms with Crippen LogP contribution in [0.1, 0.15) is 37.4 Å². The van der Waals surface area contributed by atoms with Gasteiger partial charge in [-0.15, -0.1) is 0 Å². The van der Waals surface area contributed by atoms with E-state index in [1.54, 1.807) is 22.8 Å². The van der Waals surface area contributed by atoms with Crippen LogP contribution in [-0.4, -0.2) is 44.1 Å². The van der Waals surface area contributed by atoms with Crippen molar-refractivity contribution in [3.63, 3.8) is 0 Å². The van der Waals surface area contributed by atoms with Gasteiger partial charge in [-0.2, -0.15) is 5.10 Å². The number of hydrogen-bond acceptors (Lipinski definition) is 4. The Kier molecular flexibility index (Phi) is 9.71. The van der Waals surface area contributed by atoms with Gasteiger partial charge in [0, 0.05) is 24.3 Å². The van der Waals surface area contributed by atoms with E-state index in [1.165, 1.54) is 35.6 Å². The first-order valence-electron chi connectivity index (χ1n) is 13.3. The van der Waals surface area contributed by atoms with Gasteiger partial charge < -0.3 is 10.0 Å². The maximum Gasteiger partial charge on any atom is 0.209 e. The zero-order valence-electron chi connectivity index (χ0n) is 22.7. The smallest absolute Gasteiger partial charge is 0.209 e. The number of fused-ring (bicyclic) bond motifs is 2. The Balaban J connectivity index is 0.000000145. The number of carbonyl (C=O) groups excluding carboxylic acids is 1. The highest BCUT2D eigenvalue weighted by Gasteiger charge is 2.16. The quantitative estimate of drug-likeness (QED) is 0.221. The Bertz CT molecular complexity index is 1540. The number of likely N-dealkylation sites (tertiary alicyclic amines) is 1. The number of phenols is 1. The van der Waals surface area contributed by atoms with Crippen LogP contribution in [0.2, 0.25) is 0 Å². The van der Waals surface area contributed by atoms with Crippen molar-refractivity contribution in [1.29, 1.82) is 0 Å². The molecule has 3 heterocycles. The van der Waals surface area contributed by atoms with Crippen LogP contribution in [0, 0.1) is 19.8 Å². The van der Waals surface area contributed by atoms with Gasteiger partial charge >= 0.3 is 0 Å². The number of phenolic OH excluding ortho intramolecular Hbond substituents is 1. The number of rotatable bonds is 3. The average molecular weight is 588 g/mol. The topological polar surface area (TPSA) is 70.7 Å². The number of para-hydroxylation sites is 1. The molecule has 0 bridgehead atoms. The summed E-state index contributed by atoms with van der Waals surface area (Å²) in [6, 6.07) is 23.9. The minimum Gasteiger partial charge on any atom is -0.507 e. The molecule has 0 radical (unpaired) electrons. The molecule has 1 atom stereocenters. The van der Waals surface area contributed by atoms with E-state index >= 15 is 0 Å². The van der Waals surface area contributed by atoms with Gasteiger partial charge in [0.25, 0.3) is 0 Å². The maximum atomic E-state index is 10.3. The molecule has 6 nitrogen and oxygen atoms in total. The van der Waals surface area contributed by atoms with E-state index in [1.807, 2.05) is 30.0 Å². The molecule has 1 fully saturated rings. The molecule has 1 saturated heterocycles. The Morgan fingerprint density at radius 3 is 2.54 bits per heavy atom. The molecule has 7 heteroatoms. The van der Waals surface area contributed by atoms with Crippen molar-refractivity contribution in [3.05, 3.63) is 94.7 Å². The third kappa shape index (κ3) is 7.03. The predicted octanol–water partition coefficient (Wildman–Crippen LogP) is 7.59. The largest absolute Gasteiger partial charge is 0.507 e. The van der Waals surface area contributed by atoms with Crippen molar-refractivity contribution in [2.24, 2.45) is 5.92 Å². The summed E-state index contributed by atoms with van der Waals surface area (Å²) in [6.07, 6.45) is 6.40. The molecule has 1 aliphatic heterocycles. The van der Waals surface area contributed by atoms with E-state index in [0.717, 1.165) is 52.5 Å². The minimum absolute atomic E-state index is 0.226. The summed E-state index contributed by atoms with van der Waals surface area (Å²) >= 11 is 3.42. The molecule has 1 unspecified atom stereocenters. The molecule has 0 saturated carbocycles. The van der Waals surface area contributed by atoms with Gasteiger partial charge in [0.1, 0.15) is 5.75 Å². The summed E-state index contributed by atoms with van der Waals surface area (Å²) in [6.45, 7) is 8.25. The first-order chi connectivity index (χ1) is 18.9. The second-order valence-electron chi connectivity index (χ2n) is 9.84. The Hall–Kier alpha value is -3.71. The number of aryl methyl sites for hydroxylation is 2. The van der Waals surface area contributed by atoms with Crippen molar-refractivity contribution in [2.45, 2.75) is 40.0 Å². The maximum absolute atomic E-state index is 10.3. The molecular weight excluding hydrogens is 552 g/mol. The lowest BCUT2D eigenvalue weighted by atomic mass is 9.96. The lowest BCUT2D eigenvalue weighted by Gasteiger charge is -2.28. The van der Waals surface area contributed by atoms with Crippen LogP contribution in [0.3, 0.4) is 0 Å². The number of piperidine rings is 1. The Labute approximate surface area is 238 Å². The third-order valence-corrected chi connectivity index (χ3v) is 7.63. The SMILES string of the molecule is CCC1CCCN(C=O)C1.Cc1cc(-c2ccccc2O)nc2c(Br)cnn12.Cc1cccc2ccccc12. The summed E-state index contributed by atoms with van der Waals surface area (Å²) in [4.78, 5) is 16.8. The van der Waals surface area contributed by atoms with Crippen LogP contribution < -0.4 is 0 Å². The number of hydrogen-bond donors (Lipinski definition) is 1. The van der Waals surface area contributed by atoms with Crippen LogP contribution in [0.15, 0.2) is 83.5 Å². The monoisotopic (exact) mass is 586 g/mol. The van der Waals surface area contributed by atoms with E-state index in [4.69, 9.17) is 0 Å². The number of aromatic nitrogens is 3. The van der Waals surface area contributed by atoms with Crippen LogP contribution >= 0.6 is 15.9 Å². The number of carbonyl (C=O) groups is 1. The molecule has 0 aliphatic carbocycles. The molecule has 6 rings (SSSR count). The van der Waals surface area contributed by atoms with E-state index in [0.29, 0.717) is 0 Å². The molecule has 2 aromatic heterocycles. The normalized spacial score (nSPS) is 14.8. The Morgan fingerprint density at radius 2 is 1.79 bits per heavy atom. The molecule has 5 aromatic rings. The van der Waals surface area contributed by atoms with Gasteiger partial charge in [-0.3, -0.25) is 4.79 Å². The van der Waals surface area contributed by atoms with E-state index < -0.39 is 0 Å². The van der Waals surface area contributed by atoms with Crippen molar-refractivity contribution in [1.82, 2.24) is 19.5 Å². The summed E-state index contributed by atoms with van der Waals surface area (Å²) in [7, 11) is 0. The summed E-state index contributed by atoms with van der Waals surface area (Å²) in [5.74, 6) is 0.989. The first-order valence-corrected chi connectivity index (χ1v) is 14.1. The second kappa shape index (κ2) is 13.4. The average Bonchev–Trinajstić information content (AvgIpc) is 3.35. The zero-order valence-corrected chi connectivity index (χ0v) is 24.3. The molecule has 1 amide bonds. The Morgan fingerprint density at radius 1 is 1.05 bits per heavy atom. The van der Waals surface area contributed by atoms with Crippen LogP contribution in [0.25, 0.3) is 27.7 Å². The van der Waals surface area contributed by atoms with Gasteiger partial charge in [-0.1, -0.05) is 67.9 Å². The standard InChI is InChI=1S/C13H10BrN3O.C11H10.C8H15NO/c1-8-6-11(9-4-2-3-5-12(9)18)16-13-10(14)7-15-17(8)13;1-9-5-4-7-10-6-2-3-8-11(9)10;1-2-8-4-3-5-9(6-8)7-10/h2-7,18H,1H3;2-8H,1H3;7-8H,2-6H2,1H3. The molecule has 1 aliphatic rings. The molecule has 39 heavy (non-hydrogen) atoms. The lowest BCUT2D eigenvalue weighted by Crippen LogP contribution is -2.33. The van der Waals surface area contributed by atoms with Crippen LogP contribution in [-0.2, 0) is 4.79 Å². The molecular formula is C32H35BrN4O2. The van der Waals surface area contributed by atoms with Gasteiger partial charge in [0.15, 0.2) is 5.65 Å².